The van der Waals surface area contributed by atoms with Gasteiger partial charge in [0.2, 0.25) is 0 Å². The van der Waals surface area contributed by atoms with Gasteiger partial charge in [-0.2, -0.15) is 5.10 Å². The zero-order valence-corrected chi connectivity index (χ0v) is 15.2. The summed E-state index contributed by atoms with van der Waals surface area (Å²) in [4.78, 5) is 26.5. The summed E-state index contributed by atoms with van der Waals surface area (Å²) < 4.78 is 4.97. The number of furan rings is 1. The van der Waals surface area contributed by atoms with Crippen LogP contribution in [0.5, 0.6) is 0 Å². The smallest absolute Gasteiger partial charge is 0.319 e. The SMILES string of the molecule is O=C(Nc1cccc(-c2cn[nH]c2)c1)NC1CCN(C(=O)c2ccoc2)CC1. The van der Waals surface area contributed by atoms with E-state index in [2.05, 4.69) is 20.8 Å². The van der Waals surface area contributed by atoms with Gasteiger partial charge >= 0.3 is 6.03 Å². The number of anilines is 1. The number of hydrogen-bond acceptors (Lipinski definition) is 4. The summed E-state index contributed by atoms with van der Waals surface area (Å²) in [7, 11) is 0. The number of piperidine rings is 1. The number of nitrogens with zero attached hydrogens (tertiary/aromatic N) is 2. The largest absolute Gasteiger partial charge is 0.472 e. The first-order valence-electron chi connectivity index (χ1n) is 9.17. The fraction of sp³-hybridized carbons (Fsp3) is 0.250. The minimum absolute atomic E-state index is 0.0328. The van der Waals surface area contributed by atoms with Gasteiger partial charge in [-0.3, -0.25) is 9.89 Å². The van der Waals surface area contributed by atoms with Crippen LogP contribution in [-0.2, 0) is 0 Å². The molecule has 0 radical (unpaired) electrons. The van der Waals surface area contributed by atoms with E-state index in [9.17, 15) is 9.59 Å². The van der Waals surface area contributed by atoms with E-state index in [1.807, 2.05) is 24.3 Å². The number of benzene rings is 1. The minimum atomic E-state index is -0.246. The summed E-state index contributed by atoms with van der Waals surface area (Å²) in [6, 6.07) is 9.04. The Morgan fingerprint density at radius 1 is 1.18 bits per heavy atom. The lowest BCUT2D eigenvalue weighted by atomic mass is 10.0. The number of amides is 3. The standard InChI is InChI=1S/C20H21N5O3/c26-19(15-6-9-28-13-15)25-7-4-17(5-8-25)23-20(27)24-18-3-1-2-14(10-18)16-11-21-22-12-16/h1-3,6,9-13,17H,4-5,7-8H2,(H,21,22)(H2,23,24,27). The zero-order valence-electron chi connectivity index (χ0n) is 15.2. The van der Waals surface area contributed by atoms with Crippen LogP contribution in [-0.4, -0.2) is 46.2 Å². The summed E-state index contributed by atoms with van der Waals surface area (Å²) in [5.41, 5.74) is 3.20. The molecule has 1 saturated heterocycles. The van der Waals surface area contributed by atoms with Gasteiger partial charge in [0, 0.05) is 36.6 Å². The first kappa shape index (κ1) is 17.8. The second-order valence-corrected chi connectivity index (χ2v) is 6.74. The van der Waals surface area contributed by atoms with E-state index in [4.69, 9.17) is 4.42 Å². The number of rotatable bonds is 4. The molecule has 1 aliphatic rings. The summed E-state index contributed by atoms with van der Waals surface area (Å²) in [6.07, 6.45) is 7.92. The second kappa shape index (κ2) is 7.99. The molecule has 1 fully saturated rings. The molecule has 0 aliphatic carbocycles. The van der Waals surface area contributed by atoms with Crippen molar-refractivity contribution in [2.24, 2.45) is 0 Å². The average molecular weight is 379 g/mol. The van der Waals surface area contributed by atoms with Crippen LogP contribution in [0.15, 0.2) is 59.7 Å². The van der Waals surface area contributed by atoms with E-state index < -0.39 is 0 Å². The Morgan fingerprint density at radius 2 is 2.04 bits per heavy atom. The number of H-pyrrole nitrogens is 1. The number of likely N-dealkylation sites (tertiary alicyclic amines) is 1. The highest BCUT2D eigenvalue weighted by Gasteiger charge is 2.25. The maximum absolute atomic E-state index is 12.3. The van der Waals surface area contributed by atoms with E-state index >= 15 is 0 Å². The lowest BCUT2D eigenvalue weighted by molar-refractivity contribution is 0.0708. The highest BCUT2D eigenvalue weighted by molar-refractivity contribution is 5.94. The molecule has 3 aromatic rings. The van der Waals surface area contributed by atoms with Crippen LogP contribution in [0.1, 0.15) is 23.2 Å². The molecule has 144 valence electrons. The van der Waals surface area contributed by atoms with Gasteiger partial charge in [-0.15, -0.1) is 0 Å². The molecule has 2 aromatic heterocycles. The molecule has 0 saturated carbocycles. The number of carbonyl (C=O) groups is 2. The van der Waals surface area contributed by atoms with Gasteiger partial charge in [-0.05, 0) is 36.6 Å². The Balaban J connectivity index is 1.28. The molecule has 0 atom stereocenters. The molecule has 28 heavy (non-hydrogen) atoms. The first-order valence-corrected chi connectivity index (χ1v) is 9.17. The third-order valence-electron chi connectivity index (χ3n) is 4.84. The van der Waals surface area contributed by atoms with Crippen molar-refractivity contribution in [3.05, 3.63) is 60.8 Å². The Morgan fingerprint density at radius 3 is 2.75 bits per heavy atom. The lowest BCUT2D eigenvalue weighted by Crippen LogP contribution is -2.47. The molecular weight excluding hydrogens is 358 g/mol. The number of urea groups is 1. The summed E-state index contributed by atoms with van der Waals surface area (Å²) in [5.74, 6) is -0.0345. The molecular formula is C20H21N5O3. The molecule has 0 spiro atoms. The van der Waals surface area contributed by atoms with Crippen LogP contribution in [0.4, 0.5) is 10.5 Å². The van der Waals surface area contributed by atoms with Crippen molar-refractivity contribution in [3.8, 4) is 11.1 Å². The Labute approximate surface area is 161 Å². The Bertz CT molecular complexity index is 929. The van der Waals surface area contributed by atoms with E-state index in [1.54, 1.807) is 23.4 Å². The minimum Gasteiger partial charge on any atom is -0.472 e. The van der Waals surface area contributed by atoms with Crippen LogP contribution < -0.4 is 10.6 Å². The zero-order chi connectivity index (χ0) is 19.3. The molecule has 1 aromatic carbocycles. The molecule has 3 heterocycles. The van der Waals surface area contributed by atoms with Gasteiger partial charge in [-0.25, -0.2) is 4.79 Å². The highest BCUT2D eigenvalue weighted by Crippen LogP contribution is 2.21. The van der Waals surface area contributed by atoms with Crippen LogP contribution in [0.3, 0.4) is 0 Å². The first-order chi connectivity index (χ1) is 13.7. The highest BCUT2D eigenvalue weighted by atomic mass is 16.3. The van der Waals surface area contributed by atoms with Crippen molar-refractivity contribution >= 4 is 17.6 Å². The second-order valence-electron chi connectivity index (χ2n) is 6.74. The van der Waals surface area contributed by atoms with E-state index in [-0.39, 0.29) is 18.0 Å². The van der Waals surface area contributed by atoms with Gasteiger partial charge in [0.25, 0.3) is 5.91 Å². The molecule has 0 unspecified atom stereocenters. The van der Waals surface area contributed by atoms with Crippen molar-refractivity contribution in [3.63, 3.8) is 0 Å². The summed E-state index contributed by atoms with van der Waals surface area (Å²) in [6.45, 7) is 1.20. The molecule has 4 rings (SSSR count). The summed E-state index contributed by atoms with van der Waals surface area (Å²) in [5, 5.41) is 12.6. The van der Waals surface area contributed by atoms with Gasteiger partial charge in [-0.1, -0.05) is 12.1 Å². The predicted octanol–water partition coefficient (Wildman–Crippen LogP) is 3.10. The fourth-order valence-corrected chi connectivity index (χ4v) is 3.33. The van der Waals surface area contributed by atoms with E-state index in [0.29, 0.717) is 37.2 Å². The number of aromatic nitrogens is 2. The summed E-state index contributed by atoms with van der Waals surface area (Å²) >= 11 is 0. The van der Waals surface area contributed by atoms with Crippen LogP contribution in [0, 0.1) is 0 Å². The molecule has 0 bridgehead atoms. The lowest BCUT2D eigenvalue weighted by Gasteiger charge is -2.32. The average Bonchev–Trinajstić information content (AvgIpc) is 3.42. The van der Waals surface area contributed by atoms with Crippen LogP contribution >= 0.6 is 0 Å². The topological polar surface area (TPSA) is 103 Å². The van der Waals surface area contributed by atoms with Gasteiger partial charge in [0.1, 0.15) is 6.26 Å². The number of nitrogens with one attached hydrogen (secondary N) is 3. The third kappa shape index (κ3) is 4.06. The normalized spacial score (nSPS) is 14.6. The van der Waals surface area contributed by atoms with Crippen molar-refractivity contribution < 1.29 is 14.0 Å². The monoisotopic (exact) mass is 379 g/mol. The number of carbonyl (C=O) groups excluding carboxylic acids is 2. The maximum atomic E-state index is 12.3. The molecule has 3 amide bonds. The van der Waals surface area contributed by atoms with Crippen LogP contribution in [0.2, 0.25) is 0 Å². The van der Waals surface area contributed by atoms with E-state index in [0.717, 1.165) is 11.1 Å². The van der Waals surface area contributed by atoms with Gasteiger partial charge in [0.15, 0.2) is 0 Å². The Kier molecular flexibility index (Phi) is 5.09. The molecule has 1 aliphatic heterocycles. The number of aromatic amines is 1. The molecule has 8 heteroatoms. The number of hydrogen-bond donors (Lipinski definition) is 3. The maximum Gasteiger partial charge on any atom is 0.319 e. The van der Waals surface area contributed by atoms with Crippen LogP contribution in [0.25, 0.3) is 11.1 Å². The third-order valence-corrected chi connectivity index (χ3v) is 4.84. The van der Waals surface area contributed by atoms with E-state index in [1.165, 1.54) is 12.5 Å². The van der Waals surface area contributed by atoms with Crippen molar-refractivity contribution in [2.75, 3.05) is 18.4 Å². The van der Waals surface area contributed by atoms with Gasteiger partial charge in [0.05, 0.1) is 18.0 Å². The van der Waals surface area contributed by atoms with Crippen molar-refractivity contribution in [2.45, 2.75) is 18.9 Å². The molecule has 3 N–H and O–H groups in total. The predicted molar refractivity (Wildman–Crippen MR) is 104 cm³/mol. The van der Waals surface area contributed by atoms with Gasteiger partial charge < -0.3 is 20.0 Å². The van der Waals surface area contributed by atoms with Crippen molar-refractivity contribution in [1.82, 2.24) is 20.4 Å². The fourth-order valence-electron chi connectivity index (χ4n) is 3.33. The van der Waals surface area contributed by atoms with Crippen molar-refractivity contribution in [1.29, 1.82) is 0 Å². The quantitative estimate of drug-likeness (QED) is 0.648. The Hall–Kier alpha value is -3.55. The molecule has 8 nitrogen and oxygen atoms in total.